The van der Waals surface area contributed by atoms with Crippen LogP contribution in [-0.2, 0) is 4.74 Å². The number of nitrogens with zero attached hydrogens (tertiary/aromatic N) is 2. The molecule has 1 unspecified atom stereocenters. The second-order valence-corrected chi connectivity index (χ2v) is 1.94. The van der Waals surface area contributed by atoms with Gasteiger partial charge in [0.2, 0.25) is 6.67 Å². The van der Waals surface area contributed by atoms with E-state index in [1.807, 2.05) is 0 Å². The molecular weight excluding hydrogens is 161 g/mol. The van der Waals surface area contributed by atoms with Crippen molar-refractivity contribution >= 4 is 6.21 Å². The first-order valence-electron chi connectivity index (χ1n) is 2.75. The SMILES string of the molecule is CN1[C]N=CC1OC(F)(F)F. The van der Waals surface area contributed by atoms with Crippen molar-refractivity contribution in [1.29, 1.82) is 0 Å². The quantitative estimate of drug-likeness (QED) is 0.577. The lowest BCUT2D eigenvalue weighted by Gasteiger charge is -2.17. The molecule has 0 aromatic heterocycles. The maximum atomic E-state index is 11.5. The second kappa shape index (κ2) is 2.78. The zero-order valence-electron chi connectivity index (χ0n) is 5.59. The summed E-state index contributed by atoms with van der Waals surface area (Å²) >= 11 is 0. The third-order valence-corrected chi connectivity index (χ3v) is 1.05. The number of ether oxygens (including phenoxy) is 1. The van der Waals surface area contributed by atoms with Crippen LogP contribution < -0.4 is 0 Å². The summed E-state index contributed by atoms with van der Waals surface area (Å²) < 4.78 is 38.3. The molecule has 0 aromatic carbocycles. The summed E-state index contributed by atoms with van der Waals surface area (Å²) in [6.45, 7) is 2.27. The highest BCUT2D eigenvalue weighted by atomic mass is 19.4. The standard InChI is InChI=1S/C5H5F3N2O/c1-10-3-9-2-4(10)11-5(6,7)8/h2,4H,1H3. The molecule has 3 nitrogen and oxygen atoms in total. The van der Waals surface area contributed by atoms with Crippen molar-refractivity contribution in [3.8, 4) is 0 Å². The van der Waals surface area contributed by atoms with Crippen LogP contribution in [0.4, 0.5) is 13.2 Å². The average molecular weight is 166 g/mol. The topological polar surface area (TPSA) is 24.8 Å². The van der Waals surface area contributed by atoms with Crippen molar-refractivity contribution in [1.82, 2.24) is 4.90 Å². The minimum absolute atomic E-state index is 1.02. The first kappa shape index (κ1) is 8.48. The number of rotatable bonds is 1. The first-order valence-corrected chi connectivity index (χ1v) is 2.75. The van der Waals surface area contributed by atoms with Gasteiger partial charge in [0.25, 0.3) is 0 Å². The van der Waals surface area contributed by atoms with E-state index in [-0.39, 0.29) is 0 Å². The smallest absolute Gasteiger partial charge is 0.267 e. The highest BCUT2D eigenvalue weighted by Gasteiger charge is 2.36. The Morgan fingerprint density at radius 1 is 1.64 bits per heavy atom. The largest absolute Gasteiger partial charge is 0.524 e. The predicted molar refractivity (Wildman–Crippen MR) is 30.4 cm³/mol. The summed E-state index contributed by atoms with van der Waals surface area (Å²) in [4.78, 5) is 4.45. The molecule has 1 aliphatic heterocycles. The highest BCUT2D eigenvalue weighted by molar-refractivity contribution is 5.65. The van der Waals surface area contributed by atoms with Crippen LogP contribution in [0.2, 0.25) is 0 Å². The van der Waals surface area contributed by atoms with Gasteiger partial charge in [-0.05, 0) is 7.05 Å². The fourth-order valence-corrected chi connectivity index (χ4v) is 0.591. The van der Waals surface area contributed by atoms with E-state index in [0.717, 1.165) is 11.1 Å². The molecule has 0 N–H and O–H groups in total. The van der Waals surface area contributed by atoms with E-state index in [4.69, 9.17) is 0 Å². The third kappa shape index (κ3) is 2.47. The zero-order chi connectivity index (χ0) is 8.48. The fourth-order valence-electron chi connectivity index (χ4n) is 0.591. The van der Waals surface area contributed by atoms with Crippen LogP contribution in [0.25, 0.3) is 0 Å². The summed E-state index contributed by atoms with van der Waals surface area (Å²) in [5, 5.41) is 0. The lowest BCUT2D eigenvalue weighted by molar-refractivity contribution is -0.344. The van der Waals surface area contributed by atoms with Crippen molar-refractivity contribution < 1.29 is 17.9 Å². The Morgan fingerprint density at radius 3 is 2.64 bits per heavy atom. The van der Waals surface area contributed by atoms with Crippen LogP contribution in [0.15, 0.2) is 4.99 Å². The van der Waals surface area contributed by atoms with Gasteiger partial charge in [0.1, 0.15) is 0 Å². The van der Waals surface area contributed by atoms with Gasteiger partial charge in [-0.2, -0.15) is 0 Å². The minimum atomic E-state index is -4.63. The summed E-state index contributed by atoms with van der Waals surface area (Å²) in [6, 6.07) is 0. The Labute approximate surface area is 61.5 Å². The number of hydrogen-bond acceptors (Lipinski definition) is 3. The Hall–Kier alpha value is -0.620. The Balaban J connectivity index is 2.43. The zero-order valence-corrected chi connectivity index (χ0v) is 5.59. The van der Waals surface area contributed by atoms with E-state index in [2.05, 4.69) is 16.4 Å². The van der Waals surface area contributed by atoms with Crippen LogP contribution in [0, 0.1) is 6.67 Å². The minimum Gasteiger partial charge on any atom is -0.267 e. The maximum absolute atomic E-state index is 11.5. The average Bonchev–Trinajstić information content (AvgIpc) is 2.12. The van der Waals surface area contributed by atoms with Gasteiger partial charge in [-0.3, -0.25) is 9.73 Å². The molecule has 2 radical (unpaired) electrons. The van der Waals surface area contributed by atoms with Crippen LogP contribution in [-0.4, -0.2) is 30.8 Å². The van der Waals surface area contributed by atoms with Gasteiger partial charge in [-0.1, -0.05) is 0 Å². The molecule has 11 heavy (non-hydrogen) atoms. The molecule has 62 valence electrons. The fraction of sp³-hybridized carbons (Fsp3) is 0.600. The number of alkyl halides is 3. The van der Waals surface area contributed by atoms with Crippen molar-refractivity contribution in [2.24, 2.45) is 4.99 Å². The van der Waals surface area contributed by atoms with Crippen molar-refractivity contribution in [2.75, 3.05) is 7.05 Å². The van der Waals surface area contributed by atoms with Gasteiger partial charge in [-0.25, -0.2) is 4.90 Å². The molecule has 6 heteroatoms. The van der Waals surface area contributed by atoms with Gasteiger partial charge in [0.15, 0.2) is 6.23 Å². The van der Waals surface area contributed by atoms with E-state index in [1.165, 1.54) is 7.05 Å². The van der Waals surface area contributed by atoms with Crippen molar-refractivity contribution in [3.63, 3.8) is 0 Å². The molecule has 0 saturated heterocycles. The molecular formula is C5H5F3N2O. The summed E-state index contributed by atoms with van der Waals surface area (Å²) in [6.07, 6.45) is -4.78. The number of halogens is 3. The predicted octanol–water partition coefficient (Wildman–Crippen LogP) is 0.861. The first-order chi connectivity index (χ1) is 4.99. The molecule has 0 fully saturated rings. The van der Waals surface area contributed by atoms with Crippen LogP contribution in [0.5, 0.6) is 0 Å². The van der Waals surface area contributed by atoms with Gasteiger partial charge < -0.3 is 0 Å². The lowest BCUT2D eigenvalue weighted by atomic mass is 10.6. The maximum Gasteiger partial charge on any atom is 0.524 e. The van der Waals surface area contributed by atoms with E-state index < -0.39 is 12.6 Å². The van der Waals surface area contributed by atoms with Gasteiger partial charge in [-0.15, -0.1) is 13.2 Å². The van der Waals surface area contributed by atoms with E-state index in [1.54, 1.807) is 0 Å². The second-order valence-electron chi connectivity index (χ2n) is 1.94. The molecule has 0 saturated carbocycles. The van der Waals surface area contributed by atoms with Crippen LogP contribution in [0.1, 0.15) is 0 Å². The molecule has 0 aromatic rings. The number of hydrogen-bond donors (Lipinski definition) is 0. The summed E-state index contributed by atoms with van der Waals surface area (Å²) in [7, 11) is 1.39. The normalized spacial score (nSPS) is 26.4. The number of aliphatic imine (C=N–C) groups is 1. The van der Waals surface area contributed by atoms with E-state index in [9.17, 15) is 13.2 Å². The van der Waals surface area contributed by atoms with E-state index >= 15 is 0 Å². The summed E-state index contributed by atoms with van der Waals surface area (Å²) in [5.74, 6) is 0. The Morgan fingerprint density at radius 2 is 2.27 bits per heavy atom. The van der Waals surface area contributed by atoms with Gasteiger partial charge >= 0.3 is 6.36 Å². The Bertz CT molecular complexity index is 168. The monoisotopic (exact) mass is 166 g/mol. The molecule has 1 heterocycles. The molecule has 1 aliphatic rings. The third-order valence-electron chi connectivity index (χ3n) is 1.05. The molecule has 0 spiro atoms. The van der Waals surface area contributed by atoms with Crippen LogP contribution >= 0.6 is 0 Å². The molecule has 0 amide bonds. The van der Waals surface area contributed by atoms with E-state index in [0.29, 0.717) is 0 Å². The lowest BCUT2D eigenvalue weighted by Crippen LogP contribution is -2.34. The van der Waals surface area contributed by atoms with Crippen molar-refractivity contribution in [2.45, 2.75) is 12.6 Å². The Kier molecular flexibility index (Phi) is 2.15. The molecule has 0 aliphatic carbocycles. The molecule has 1 rings (SSSR count). The summed E-state index contributed by atoms with van der Waals surface area (Å²) in [5.41, 5.74) is 0. The highest BCUT2D eigenvalue weighted by Crippen LogP contribution is 2.21. The van der Waals surface area contributed by atoms with Crippen LogP contribution in [0.3, 0.4) is 0 Å². The molecule has 0 bridgehead atoms. The van der Waals surface area contributed by atoms with Crippen molar-refractivity contribution in [3.05, 3.63) is 6.67 Å². The van der Waals surface area contributed by atoms with Gasteiger partial charge in [0, 0.05) is 6.21 Å². The van der Waals surface area contributed by atoms with Gasteiger partial charge in [0.05, 0.1) is 0 Å². The molecule has 1 atom stereocenters.